The summed E-state index contributed by atoms with van der Waals surface area (Å²) in [6, 6.07) is 11.2. The zero-order chi connectivity index (χ0) is 18.7. The topological polar surface area (TPSA) is 67.4 Å². The fourth-order valence-corrected chi connectivity index (χ4v) is 2.93. The van der Waals surface area contributed by atoms with E-state index in [0.717, 1.165) is 5.56 Å². The molecule has 0 spiro atoms. The van der Waals surface area contributed by atoms with Crippen LogP contribution >= 0.6 is 0 Å². The van der Waals surface area contributed by atoms with Crippen LogP contribution in [0.5, 0.6) is 5.75 Å². The number of amides is 2. The molecule has 1 aliphatic heterocycles. The van der Waals surface area contributed by atoms with Gasteiger partial charge >= 0.3 is 0 Å². The molecule has 1 unspecified atom stereocenters. The Kier molecular flexibility index (Phi) is 5.02. The monoisotopic (exact) mass is 354 g/mol. The minimum absolute atomic E-state index is 0.127. The van der Waals surface area contributed by atoms with E-state index in [2.05, 4.69) is 10.6 Å². The highest BCUT2D eigenvalue weighted by Gasteiger charge is 2.29. The number of ether oxygens (including phenoxy) is 1. The molecule has 0 saturated heterocycles. The zero-order valence-corrected chi connectivity index (χ0v) is 14.5. The molecule has 0 aliphatic carbocycles. The number of anilines is 1. The smallest absolute Gasteiger partial charge is 0.253 e. The second kappa shape index (κ2) is 7.39. The fraction of sp³-hybridized carbons (Fsp3) is 0.200. The second-order valence-corrected chi connectivity index (χ2v) is 6.11. The number of methoxy groups -OCH3 is 1. The average Bonchev–Trinajstić information content (AvgIpc) is 2.63. The Morgan fingerprint density at radius 1 is 1.23 bits per heavy atom. The first kappa shape index (κ1) is 17.7. The number of halogens is 1. The van der Waals surface area contributed by atoms with Crippen LogP contribution in [0.1, 0.15) is 23.5 Å². The molecule has 1 heterocycles. The van der Waals surface area contributed by atoms with E-state index in [1.165, 1.54) is 18.3 Å². The predicted octanol–water partition coefficient (Wildman–Crippen LogP) is 3.27. The highest BCUT2D eigenvalue weighted by Crippen LogP contribution is 2.31. The van der Waals surface area contributed by atoms with Crippen molar-refractivity contribution in [2.45, 2.75) is 19.3 Å². The van der Waals surface area contributed by atoms with Crippen LogP contribution in [0.4, 0.5) is 10.1 Å². The Bertz CT molecular complexity index is 875. The largest absolute Gasteiger partial charge is 0.496 e. The van der Waals surface area contributed by atoms with Gasteiger partial charge in [-0.15, -0.1) is 0 Å². The molecular formula is C20H19FN2O3. The first-order chi connectivity index (χ1) is 12.5. The van der Waals surface area contributed by atoms with Crippen LogP contribution in [-0.2, 0) is 9.59 Å². The first-order valence-corrected chi connectivity index (χ1v) is 8.19. The lowest BCUT2D eigenvalue weighted by Gasteiger charge is -2.24. The van der Waals surface area contributed by atoms with Crippen molar-refractivity contribution in [3.63, 3.8) is 0 Å². The quantitative estimate of drug-likeness (QED) is 0.886. The van der Waals surface area contributed by atoms with E-state index in [9.17, 15) is 14.0 Å². The normalized spacial score (nSPS) is 16.5. The summed E-state index contributed by atoms with van der Waals surface area (Å²) < 4.78 is 18.5. The van der Waals surface area contributed by atoms with E-state index in [1.807, 2.05) is 13.0 Å². The summed E-state index contributed by atoms with van der Waals surface area (Å²) in [4.78, 5) is 24.5. The van der Waals surface area contributed by atoms with Gasteiger partial charge in [-0.2, -0.15) is 0 Å². The van der Waals surface area contributed by atoms with Gasteiger partial charge in [0.05, 0.1) is 7.11 Å². The van der Waals surface area contributed by atoms with E-state index in [-0.39, 0.29) is 24.1 Å². The Morgan fingerprint density at radius 2 is 1.96 bits per heavy atom. The molecule has 0 saturated carbocycles. The van der Waals surface area contributed by atoms with Gasteiger partial charge in [0.1, 0.15) is 11.6 Å². The minimum Gasteiger partial charge on any atom is -0.496 e. The lowest BCUT2D eigenvalue weighted by Crippen LogP contribution is -2.31. The van der Waals surface area contributed by atoms with Gasteiger partial charge in [0.15, 0.2) is 0 Å². The van der Waals surface area contributed by atoms with E-state index >= 15 is 0 Å². The molecule has 0 radical (unpaired) electrons. The van der Waals surface area contributed by atoms with Crippen molar-refractivity contribution in [1.82, 2.24) is 5.32 Å². The number of benzene rings is 2. The highest BCUT2D eigenvalue weighted by molar-refractivity contribution is 6.06. The number of hydrogen-bond acceptors (Lipinski definition) is 3. The summed E-state index contributed by atoms with van der Waals surface area (Å²) in [5.74, 6) is -0.644. The summed E-state index contributed by atoms with van der Waals surface area (Å²) in [7, 11) is 1.57. The lowest BCUT2D eigenvalue weighted by molar-refractivity contribution is -0.121. The van der Waals surface area contributed by atoms with Crippen molar-refractivity contribution in [3.05, 3.63) is 71.2 Å². The lowest BCUT2D eigenvalue weighted by atomic mass is 9.86. The van der Waals surface area contributed by atoms with Crippen molar-refractivity contribution in [3.8, 4) is 5.75 Å². The van der Waals surface area contributed by atoms with Gasteiger partial charge in [0.25, 0.3) is 5.91 Å². The van der Waals surface area contributed by atoms with Crippen LogP contribution in [0.25, 0.3) is 0 Å². The molecule has 5 nitrogen and oxygen atoms in total. The van der Waals surface area contributed by atoms with Gasteiger partial charge < -0.3 is 15.4 Å². The summed E-state index contributed by atoms with van der Waals surface area (Å²) in [5, 5.41) is 5.41. The maximum absolute atomic E-state index is 13.2. The predicted molar refractivity (Wildman–Crippen MR) is 96.3 cm³/mol. The minimum atomic E-state index is -0.434. The maximum Gasteiger partial charge on any atom is 0.253 e. The Balaban J connectivity index is 1.86. The third-order valence-electron chi connectivity index (χ3n) is 4.35. The SMILES string of the molecule is COc1cc(NC(=O)C2=CNC(=O)CC2c2ccc(F)cc2)ccc1C. The highest BCUT2D eigenvalue weighted by atomic mass is 19.1. The van der Waals surface area contributed by atoms with Gasteiger partial charge in [0, 0.05) is 35.9 Å². The number of hydrogen-bond donors (Lipinski definition) is 2. The van der Waals surface area contributed by atoms with Crippen LogP contribution in [0.3, 0.4) is 0 Å². The molecule has 3 rings (SSSR count). The molecule has 1 atom stereocenters. The molecule has 6 heteroatoms. The zero-order valence-electron chi connectivity index (χ0n) is 14.5. The molecule has 2 N–H and O–H groups in total. The average molecular weight is 354 g/mol. The molecule has 0 fully saturated rings. The Morgan fingerprint density at radius 3 is 2.65 bits per heavy atom. The van der Waals surface area contributed by atoms with Crippen LogP contribution in [-0.4, -0.2) is 18.9 Å². The molecule has 2 aromatic carbocycles. The van der Waals surface area contributed by atoms with Crippen LogP contribution < -0.4 is 15.4 Å². The third kappa shape index (κ3) is 3.74. The number of rotatable bonds is 4. The molecule has 2 aromatic rings. The van der Waals surface area contributed by atoms with Crippen molar-refractivity contribution >= 4 is 17.5 Å². The van der Waals surface area contributed by atoms with E-state index in [1.54, 1.807) is 31.4 Å². The second-order valence-electron chi connectivity index (χ2n) is 6.11. The third-order valence-corrected chi connectivity index (χ3v) is 4.35. The molecule has 2 amide bonds. The van der Waals surface area contributed by atoms with Crippen LogP contribution in [0, 0.1) is 12.7 Å². The van der Waals surface area contributed by atoms with E-state index < -0.39 is 5.92 Å². The Hall–Kier alpha value is -3.15. The number of carbonyl (C=O) groups excluding carboxylic acids is 2. The number of aryl methyl sites for hydroxylation is 1. The molecule has 1 aliphatic rings. The summed E-state index contributed by atoms with van der Waals surface area (Å²) in [5.41, 5.74) is 2.67. The standard InChI is InChI=1S/C20H19FN2O3/c1-12-3-8-15(9-18(12)26-2)23-20(25)17-11-22-19(24)10-16(17)13-4-6-14(21)7-5-13/h3-9,11,16H,10H2,1-2H3,(H,22,24)(H,23,25). The summed E-state index contributed by atoms with van der Waals surface area (Å²) in [6.45, 7) is 1.91. The molecule has 134 valence electrons. The summed E-state index contributed by atoms with van der Waals surface area (Å²) in [6.07, 6.45) is 1.54. The molecule has 0 aromatic heterocycles. The van der Waals surface area contributed by atoms with Crippen molar-refractivity contribution < 1.29 is 18.7 Å². The van der Waals surface area contributed by atoms with E-state index in [0.29, 0.717) is 22.6 Å². The number of carbonyl (C=O) groups is 2. The first-order valence-electron chi connectivity index (χ1n) is 8.19. The van der Waals surface area contributed by atoms with E-state index in [4.69, 9.17) is 4.74 Å². The van der Waals surface area contributed by atoms with Crippen molar-refractivity contribution in [1.29, 1.82) is 0 Å². The van der Waals surface area contributed by atoms with Gasteiger partial charge in [0.2, 0.25) is 5.91 Å². The number of nitrogens with one attached hydrogen (secondary N) is 2. The van der Waals surface area contributed by atoms with Crippen LogP contribution in [0.2, 0.25) is 0 Å². The van der Waals surface area contributed by atoms with Gasteiger partial charge in [-0.05, 0) is 36.2 Å². The van der Waals surface area contributed by atoms with Gasteiger partial charge in [-0.1, -0.05) is 18.2 Å². The van der Waals surface area contributed by atoms with Crippen molar-refractivity contribution in [2.75, 3.05) is 12.4 Å². The van der Waals surface area contributed by atoms with Crippen LogP contribution in [0.15, 0.2) is 54.2 Å². The van der Waals surface area contributed by atoms with Gasteiger partial charge in [-0.3, -0.25) is 9.59 Å². The summed E-state index contributed by atoms with van der Waals surface area (Å²) >= 11 is 0. The Labute approximate surface area is 150 Å². The fourth-order valence-electron chi connectivity index (χ4n) is 2.93. The van der Waals surface area contributed by atoms with Gasteiger partial charge in [-0.25, -0.2) is 4.39 Å². The molecule has 26 heavy (non-hydrogen) atoms. The molecule has 0 bridgehead atoms. The molecular weight excluding hydrogens is 335 g/mol. The maximum atomic E-state index is 13.2. The van der Waals surface area contributed by atoms with Crippen molar-refractivity contribution in [2.24, 2.45) is 0 Å².